The number of nitrogens with one attached hydrogen (secondary N) is 3. The van der Waals surface area contributed by atoms with Gasteiger partial charge in [-0.3, -0.25) is 57.5 Å². The van der Waals surface area contributed by atoms with E-state index in [1.807, 2.05) is 20.8 Å². The maximum absolute atomic E-state index is 15.9. The van der Waals surface area contributed by atoms with Gasteiger partial charge in [0, 0.05) is 82.3 Å². The van der Waals surface area contributed by atoms with Crippen molar-refractivity contribution >= 4 is 70.9 Å². The number of hydrogen-bond acceptors (Lipinski definition) is 12. The molecular formula is C73H102F6N12O12. The second-order valence-corrected chi connectivity index (χ2v) is 29.3. The number of alkyl halides is 3. The van der Waals surface area contributed by atoms with Crippen molar-refractivity contribution < 1.29 is 83.9 Å². The van der Waals surface area contributed by atoms with Crippen LogP contribution in [0, 0.1) is 36.3 Å². The lowest BCUT2D eigenvalue weighted by Crippen LogP contribution is -2.68. The number of rotatable bonds is 11. The monoisotopic (exact) mass is 1450 g/mol. The van der Waals surface area contributed by atoms with Crippen LogP contribution in [-0.4, -0.2) is 251 Å². The van der Waals surface area contributed by atoms with Crippen LogP contribution >= 0.6 is 0 Å². The quantitative estimate of drug-likeness (QED) is 0.242. The van der Waals surface area contributed by atoms with E-state index in [4.69, 9.17) is 0 Å². The van der Waals surface area contributed by atoms with Crippen LogP contribution in [0.1, 0.15) is 146 Å². The third kappa shape index (κ3) is 19.4. The van der Waals surface area contributed by atoms with E-state index in [0.717, 1.165) is 35.0 Å². The Hall–Kier alpha value is -8.60. The largest absolute Gasteiger partial charge is 0.422 e. The zero-order valence-electron chi connectivity index (χ0n) is 61.4. The third-order valence-electron chi connectivity index (χ3n) is 21.2. The van der Waals surface area contributed by atoms with E-state index in [-0.39, 0.29) is 63.1 Å². The highest BCUT2D eigenvalue weighted by Gasteiger charge is 2.52. The van der Waals surface area contributed by atoms with Crippen molar-refractivity contribution in [3.8, 4) is 0 Å². The first kappa shape index (κ1) is 81.7. The van der Waals surface area contributed by atoms with Gasteiger partial charge in [0.25, 0.3) is 0 Å². The number of nitrogens with zero attached hydrogens (tertiary/aromatic N) is 9. The van der Waals surface area contributed by atoms with Gasteiger partial charge in [0.15, 0.2) is 0 Å². The second kappa shape index (κ2) is 34.8. The van der Waals surface area contributed by atoms with Crippen LogP contribution in [0.4, 0.5) is 26.3 Å². The van der Waals surface area contributed by atoms with Crippen molar-refractivity contribution in [1.29, 1.82) is 0 Å². The lowest BCUT2D eigenvalue weighted by Gasteiger charge is -2.44. The van der Waals surface area contributed by atoms with E-state index in [1.165, 1.54) is 77.2 Å². The zero-order chi connectivity index (χ0) is 76.4. The Labute approximate surface area is 598 Å². The first-order chi connectivity index (χ1) is 48.3. The molecule has 9 atom stereocenters. The third-order valence-corrected chi connectivity index (χ3v) is 21.2. The highest BCUT2D eigenvalue weighted by atomic mass is 19.4. The first-order valence-electron chi connectivity index (χ1n) is 35.6. The predicted octanol–water partition coefficient (Wildman–Crippen LogP) is 5.31. The summed E-state index contributed by atoms with van der Waals surface area (Å²) >= 11 is 0. The molecule has 3 N–H and O–H groups in total. The van der Waals surface area contributed by atoms with Crippen molar-refractivity contribution in [2.24, 2.45) is 17.8 Å². The predicted molar refractivity (Wildman–Crippen MR) is 367 cm³/mol. The minimum Gasteiger partial charge on any atom is -0.347 e. The minimum atomic E-state index is -5.41. The Morgan fingerprint density at radius 3 is 1.83 bits per heavy atom. The second-order valence-electron chi connectivity index (χ2n) is 29.3. The number of carbonyl (C=O) groups excluding carboxylic acids is 12. The molecule has 568 valence electrons. The SMILES string of the molecule is CC[C@H](C)[C@@H]1NC(=O)[C@H](CC(C)C)N(C)C(=O)C[C@@H](C(=O)N(C)C)N(C)C(=O)[C@H](C2CCCC2)N(C)C(=O)C2(CCCC2)NC(=O)[C@@H]2CCN2C(=O)[C@H](CCc2cc(F)c(C(F)(F)F)c(F)c2)NC(=O)CN(C)C(=O)[C@H](Cc2ccc(C)cc2)N2CC/C=C(/F)C[C@@H](C2=O)N(C)C(=O)CN(C)C1=O. The average molecular weight is 1450 g/mol. The number of carbonyl (C=O) groups is 12. The standard InChI is InChI=1S/C73H102F6N12O12/c1-14-44(5)61-69(101)85(9)41-59(94)87(11)54-38-48(74)22-19-32-90(68(54)100)56(37-45-25-23-43(4)24-26-45)67(99)84(8)40-57(92)80-51(28-27-46-35-49(75)60(50(76)36-46)73(77,78)79)65(97)91-33-29-52(91)64(96)82-72(30-17-18-31-72)71(103)89(13)62(47-20-15-16-21-47)70(102)88(12)55(66(98)83(6)7)39-58(93)86(10)53(34-42(2)3)63(95)81-61/h22-26,35-36,42,44,47,51-56,61-62H,14-21,27-34,37-41H2,1-13H3,(H,80,92)(H,81,95)(H,82,96)/b48-22+/t44-,51-,52-,53-,54-,55-,56-,61-,62-/m0/s1. The van der Waals surface area contributed by atoms with Crippen molar-refractivity contribution in [2.45, 2.75) is 204 Å². The van der Waals surface area contributed by atoms with Gasteiger partial charge >= 0.3 is 6.18 Å². The summed E-state index contributed by atoms with van der Waals surface area (Å²) < 4.78 is 87.3. The van der Waals surface area contributed by atoms with Gasteiger partial charge in [0.2, 0.25) is 70.9 Å². The molecule has 2 aliphatic carbocycles. The lowest BCUT2D eigenvalue weighted by molar-refractivity contribution is -0.157. The highest BCUT2D eigenvalue weighted by molar-refractivity contribution is 6.01. The molecule has 2 saturated carbocycles. The summed E-state index contributed by atoms with van der Waals surface area (Å²) in [7, 11) is 10.8. The Kier molecular flexibility index (Phi) is 27.6. The molecule has 2 aromatic rings. The molecule has 12 amide bonds. The van der Waals surface area contributed by atoms with E-state index in [1.54, 1.807) is 38.1 Å². The molecule has 103 heavy (non-hydrogen) atoms. The molecule has 0 aromatic heterocycles. The Bertz CT molecular complexity index is 3500. The van der Waals surface area contributed by atoms with E-state index in [0.29, 0.717) is 62.6 Å². The van der Waals surface area contributed by atoms with Gasteiger partial charge in [0.1, 0.15) is 71.1 Å². The van der Waals surface area contributed by atoms with Gasteiger partial charge in [0.05, 0.1) is 25.3 Å². The summed E-state index contributed by atoms with van der Waals surface area (Å²) in [6.45, 7) is 6.99. The summed E-state index contributed by atoms with van der Waals surface area (Å²) in [6, 6.07) is -3.60. The number of amides is 12. The van der Waals surface area contributed by atoms with Crippen LogP contribution in [0.3, 0.4) is 0 Å². The molecule has 30 heteroatoms. The smallest absolute Gasteiger partial charge is 0.347 e. The molecule has 4 fully saturated rings. The van der Waals surface area contributed by atoms with Gasteiger partial charge < -0.3 is 60.0 Å². The van der Waals surface area contributed by atoms with Crippen molar-refractivity contribution in [3.63, 3.8) is 0 Å². The van der Waals surface area contributed by atoms with E-state index < -0.39 is 205 Å². The molecule has 7 rings (SSSR count). The maximum Gasteiger partial charge on any atom is 0.422 e. The van der Waals surface area contributed by atoms with Crippen LogP contribution in [-0.2, 0) is 76.6 Å². The number of halogens is 6. The van der Waals surface area contributed by atoms with Gasteiger partial charge in [-0.25, -0.2) is 13.2 Å². The van der Waals surface area contributed by atoms with Crippen LogP contribution in [0.25, 0.3) is 0 Å². The van der Waals surface area contributed by atoms with E-state index in [9.17, 15) is 46.7 Å². The highest BCUT2D eigenvalue weighted by Crippen LogP contribution is 2.38. The minimum absolute atomic E-state index is 0.0249. The number of likely N-dealkylation sites (N-methyl/N-ethyl adjacent to an activating group) is 7. The Balaban J connectivity index is 1.32. The molecule has 1 spiro atoms. The molecule has 2 saturated heterocycles. The fraction of sp³-hybridized carbons (Fsp3) is 0.644. The van der Waals surface area contributed by atoms with Crippen LogP contribution < -0.4 is 16.0 Å². The van der Waals surface area contributed by atoms with Crippen LogP contribution in [0.5, 0.6) is 0 Å². The van der Waals surface area contributed by atoms with E-state index >= 15 is 37.1 Å². The summed E-state index contributed by atoms with van der Waals surface area (Å²) in [4.78, 5) is 189. The molecule has 3 heterocycles. The fourth-order valence-corrected chi connectivity index (χ4v) is 14.7. The number of fused-ring (bicyclic) bond motifs is 3. The zero-order valence-corrected chi connectivity index (χ0v) is 61.4. The molecule has 3 aliphatic heterocycles. The molecule has 24 nitrogen and oxygen atoms in total. The normalized spacial score (nSPS) is 26.2. The van der Waals surface area contributed by atoms with Gasteiger partial charge in [-0.05, 0) is 106 Å². The molecule has 5 aliphatic rings. The van der Waals surface area contributed by atoms with Crippen molar-refractivity contribution in [1.82, 2.24) is 60.0 Å². The maximum atomic E-state index is 15.9. The summed E-state index contributed by atoms with van der Waals surface area (Å²) in [5.41, 5.74) is -2.76. The number of benzene rings is 2. The first-order valence-corrected chi connectivity index (χ1v) is 35.6. The van der Waals surface area contributed by atoms with Crippen molar-refractivity contribution in [3.05, 3.63) is 82.2 Å². The fourth-order valence-electron chi connectivity index (χ4n) is 14.7. The molecular weight excluding hydrogens is 1350 g/mol. The summed E-state index contributed by atoms with van der Waals surface area (Å²) in [5.74, 6) is -15.5. The molecule has 0 radical (unpaired) electrons. The molecule has 0 unspecified atom stereocenters. The van der Waals surface area contributed by atoms with Gasteiger partial charge in [-0.1, -0.05) is 95.7 Å². The van der Waals surface area contributed by atoms with Crippen LogP contribution in [0.15, 0.2) is 48.3 Å². The van der Waals surface area contributed by atoms with Gasteiger partial charge in [-0.2, -0.15) is 13.2 Å². The molecule has 2 bridgehead atoms. The Morgan fingerprint density at radius 2 is 1.26 bits per heavy atom. The summed E-state index contributed by atoms with van der Waals surface area (Å²) in [6.07, 6.45) is -3.03. The van der Waals surface area contributed by atoms with Gasteiger partial charge in [-0.15, -0.1) is 0 Å². The van der Waals surface area contributed by atoms with Crippen LogP contribution in [0.2, 0.25) is 0 Å². The Morgan fingerprint density at radius 1 is 0.650 bits per heavy atom. The lowest BCUT2D eigenvalue weighted by atomic mass is 9.89. The van der Waals surface area contributed by atoms with Crippen molar-refractivity contribution in [2.75, 3.05) is 82.6 Å². The summed E-state index contributed by atoms with van der Waals surface area (Å²) in [5, 5.41) is 8.35. The van der Waals surface area contributed by atoms with E-state index in [2.05, 4.69) is 16.0 Å². The number of hydrogen-bond donors (Lipinski definition) is 3. The number of aryl methyl sites for hydroxylation is 2. The topological polar surface area (TPSA) is 270 Å². The average Bonchev–Trinajstić information content (AvgIpc) is 1.68. The molecule has 2 aromatic carbocycles.